The van der Waals surface area contributed by atoms with Gasteiger partial charge in [0.2, 0.25) is 0 Å². The fraction of sp³-hybridized carbons (Fsp3) is 0.250. The number of aromatic nitrogens is 4. The number of nitrogens with one attached hydrogen (secondary N) is 1. The van der Waals surface area contributed by atoms with Gasteiger partial charge in [-0.25, -0.2) is 4.98 Å². The molecule has 124 valence electrons. The molecule has 0 radical (unpaired) electrons. The van der Waals surface area contributed by atoms with E-state index in [2.05, 4.69) is 27.3 Å². The highest BCUT2D eigenvalue weighted by Crippen LogP contribution is 2.39. The predicted octanol–water partition coefficient (Wildman–Crippen LogP) is 4.06. The monoisotopic (exact) mass is 330 g/mol. The Labute approximate surface area is 145 Å². The first-order valence-electron chi connectivity index (χ1n) is 8.62. The van der Waals surface area contributed by atoms with E-state index in [9.17, 15) is 0 Å². The van der Waals surface area contributed by atoms with Gasteiger partial charge < -0.3 is 4.74 Å². The van der Waals surface area contributed by atoms with Gasteiger partial charge in [-0.2, -0.15) is 5.10 Å². The molecular formula is C20H18N4O. The minimum absolute atomic E-state index is 0.770. The van der Waals surface area contributed by atoms with Crippen LogP contribution in [0.3, 0.4) is 0 Å². The van der Waals surface area contributed by atoms with Crippen molar-refractivity contribution in [1.29, 1.82) is 0 Å². The molecule has 4 aromatic rings. The Morgan fingerprint density at radius 1 is 1.04 bits per heavy atom. The molecule has 5 heteroatoms. The van der Waals surface area contributed by atoms with Crippen molar-refractivity contribution in [3.8, 4) is 17.0 Å². The van der Waals surface area contributed by atoms with E-state index in [1.165, 1.54) is 29.4 Å². The van der Waals surface area contributed by atoms with Crippen molar-refractivity contribution in [2.75, 3.05) is 7.11 Å². The number of rotatable bonds is 2. The zero-order valence-corrected chi connectivity index (χ0v) is 14.0. The Kier molecular flexibility index (Phi) is 3.20. The summed E-state index contributed by atoms with van der Waals surface area (Å²) in [4.78, 5) is 9.23. The average Bonchev–Trinajstić information content (AvgIpc) is 3.16. The fourth-order valence-electron chi connectivity index (χ4n) is 4.01. The third-order valence-electron chi connectivity index (χ3n) is 5.15. The lowest BCUT2D eigenvalue weighted by atomic mass is 9.85. The van der Waals surface area contributed by atoms with Gasteiger partial charge in [-0.1, -0.05) is 0 Å². The number of ether oxygens (including phenoxy) is 1. The smallest absolute Gasteiger partial charge is 0.146 e. The van der Waals surface area contributed by atoms with Crippen LogP contribution < -0.4 is 4.74 Å². The van der Waals surface area contributed by atoms with E-state index < -0.39 is 0 Å². The summed E-state index contributed by atoms with van der Waals surface area (Å²) in [6.45, 7) is 0. The molecule has 1 aliphatic rings. The molecule has 5 rings (SSSR count). The van der Waals surface area contributed by atoms with E-state index in [-0.39, 0.29) is 0 Å². The molecule has 0 aliphatic heterocycles. The van der Waals surface area contributed by atoms with Crippen LogP contribution in [0.5, 0.6) is 5.75 Å². The predicted molar refractivity (Wildman–Crippen MR) is 97.8 cm³/mol. The molecule has 0 fully saturated rings. The van der Waals surface area contributed by atoms with Crippen LogP contribution in [0, 0.1) is 0 Å². The molecule has 3 heterocycles. The average molecular weight is 330 g/mol. The molecule has 0 bridgehead atoms. The molecular weight excluding hydrogens is 312 g/mol. The molecule has 3 aromatic heterocycles. The summed E-state index contributed by atoms with van der Waals surface area (Å²) in [6.07, 6.45) is 10.0. The number of nitrogens with zero attached hydrogens (tertiary/aromatic N) is 3. The van der Waals surface area contributed by atoms with Gasteiger partial charge in [0.15, 0.2) is 0 Å². The van der Waals surface area contributed by atoms with Crippen molar-refractivity contribution in [2.24, 2.45) is 0 Å². The molecule has 0 amide bonds. The topological polar surface area (TPSA) is 63.7 Å². The Morgan fingerprint density at radius 2 is 1.92 bits per heavy atom. The van der Waals surface area contributed by atoms with E-state index in [0.29, 0.717) is 0 Å². The maximum Gasteiger partial charge on any atom is 0.146 e. The standard InChI is InChI=1S/C20H18N4O/c1-25-18-11-21-9-8-14(18)20-13-5-3-2-4-12(13)19-15-10-22-24-16(15)6-7-17(19)23-20/h6-11H,2-5H2,1H3,(H,22,24). The third-order valence-corrected chi connectivity index (χ3v) is 5.15. The van der Waals surface area contributed by atoms with Crippen LogP contribution in [0.15, 0.2) is 36.8 Å². The lowest BCUT2D eigenvalue weighted by molar-refractivity contribution is 0.414. The van der Waals surface area contributed by atoms with Crippen molar-refractivity contribution in [2.45, 2.75) is 25.7 Å². The number of methoxy groups -OCH3 is 1. The van der Waals surface area contributed by atoms with Gasteiger partial charge in [-0.05, 0) is 55.0 Å². The quantitative estimate of drug-likeness (QED) is 0.602. The Bertz CT molecular complexity index is 1100. The van der Waals surface area contributed by atoms with E-state index in [0.717, 1.165) is 46.3 Å². The number of hydrogen-bond donors (Lipinski definition) is 1. The summed E-state index contributed by atoms with van der Waals surface area (Å²) in [7, 11) is 1.68. The van der Waals surface area contributed by atoms with E-state index in [4.69, 9.17) is 9.72 Å². The second kappa shape index (κ2) is 5.55. The molecule has 1 aromatic carbocycles. The number of aromatic amines is 1. The number of aryl methyl sites for hydroxylation is 1. The summed E-state index contributed by atoms with van der Waals surface area (Å²) < 4.78 is 5.54. The molecule has 0 saturated carbocycles. The van der Waals surface area contributed by atoms with Crippen molar-refractivity contribution in [3.63, 3.8) is 0 Å². The molecule has 1 N–H and O–H groups in total. The van der Waals surface area contributed by atoms with Crippen molar-refractivity contribution in [3.05, 3.63) is 47.9 Å². The number of hydrogen-bond acceptors (Lipinski definition) is 4. The highest BCUT2D eigenvalue weighted by Gasteiger charge is 2.22. The Morgan fingerprint density at radius 3 is 2.80 bits per heavy atom. The molecule has 0 saturated heterocycles. The van der Waals surface area contributed by atoms with Gasteiger partial charge in [0.25, 0.3) is 0 Å². The maximum atomic E-state index is 5.54. The van der Waals surface area contributed by atoms with Crippen LogP contribution in [0.2, 0.25) is 0 Å². The molecule has 25 heavy (non-hydrogen) atoms. The van der Waals surface area contributed by atoms with E-state index in [1.54, 1.807) is 19.5 Å². The SMILES string of the molecule is COc1cnccc1-c1nc2ccc3[nH]ncc3c2c2c1CCCC2. The Hall–Kier alpha value is -2.95. The number of benzene rings is 1. The molecule has 0 atom stereocenters. The zero-order valence-electron chi connectivity index (χ0n) is 14.0. The van der Waals surface area contributed by atoms with Crippen LogP contribution in [-0.2, 0) is 12.8 Å². The summed E-state index contributed by atoms with van der Waals surface area (Å²) in [5.41, 5.74) is 6.89. The highest BCUT2D eigenvalue weighted by atomic mass is 16.5. The molecule has 5 nitrogen and oxygen atoms in total. The normalized spacial score (nSPS) is 14.0. The van der Waals surface area contributed by atoms with Gasteiger partial charge >= 0.3 is 0 Å². The fourth-order valence-corrected chi connectivity index (χ4v) is 4.01. The number of fused-ring (bicyclic) bond motifs is 5. The minimum atomic E-state index is 0.770. The van der Waals surface area contributed by atoms with Gasteiger partial charge in [0.1, 0.15) is 5.75 Å². The molecule has 1 aliphatic carbocycles. The van der Waals surface area contributed by atoms with Gasteiger partial charge in [0, 0.05) is 22.5 Å². The van der Waals surface area contributed by atoms with E-state index >= 15 is 0 Å². The molecule has 0 spiro atoms. The summed E-state index contributed by atoms with van der Waals surface area (Å²) in [6, 6.07) is 6.14. The summed E-state index contributed by atoms with van der Waals surface area (Å²) in [5, 5.41) is 9.72. The van der Waals surface area contributed by atoms with Crippen LogP contribution in [0.4, 0.5) is 0 Å². The van der Waals surface area contributed by atoms with Gasteiger partial charge in [0.05, 0.1) is 36.2 Å². The van der Waals surface area contributed by atoms with Gasteiger partial charge in [-0.3, -0.25) is 10.1 Å². The lowest BCUT2D eigenvalue weighted by Gasteiger charge is -2.22. The first-order chi connectivity index (χ1) is 12.4. The van der Waals surface area contributed by atoms with Crippen molar-refractivity contribution >= 4 is 21.8 Å². The van der Waals surface area contributed by atoms with Crippen LogP contribution in [0.25, 0.3) is 33.1 Å². The first-order valence-corrected chi connectivity index (χ1v) is 8.62. The largest absolute Gasteiger partial charge is 0.494 e. The van der Waals surface area contributed by atoms with Gasteiger partial charge in [-0.15, -0.1) is 0 Å². The summed E-state index contributed by atoms with van der Waals surface area (Å²) in [5.74, 6) is 0.770. The van der Waals surface area contributed by atoms with Crippen LogP contribution in [-0.4, -0.2) is 27.3 Å². The second-order valence-electron chi connectivity index (χ2n) is 6.49. The van der Waals surface area contributed by atoms with Crippen LogP contribution in [0.1, 0.15) is 24.0 Å². The van der Waals surface area contributed by atoms with Crippen molar-refractivity contribution < 1.29 is 4.74 Å². The third kappa shape index (κ3) is 2.12. The Balaban J connectivity index is 1.90. The van der Waals surface area contributed by atoms with Crippen molar-refractivity contribution in [1.82, 2.24) is 20.2 Å². The lowest BCUT2D eigenvalue weighted by Crippen LogP contribution is -2.08. The van der Waals surface area contributed by atoms with E-state index in [1.807, 2.05) is 12.3 Å². The second-order valence-corrected chi connectivity index (χ2v) is 6.49. The highest BCUT2D eigenvalue weighted by molar-refractivity contribution is 6.07. The summed E-state index contributed by atoms with van der Waals surface area (Å²) >= 11 is 0. The number of H-pyrrole nitrogens is 1. The molecule has 0 unspecified atom stereocenters. The maximum absolute atomic E-state index is 5.54. The minimum Gasteiger partial charge on any atom is -0.494 e. The first kappa shape index (κ1) is 14.4. The van der Waals surface area contributed by atoms with Crippen LogP contribution >= 0.6 is 0 Å². The number of pyridine rings is 2. The zero-order chi connectivity index (χ0) is 16.8.